The molecule has 4 aromatic rings. The van der Waals surface area contributed by atoms with Crippen LogP contribution in [0.3, 0.4) is 0 Å². The number of aryl methyl sites for hydroxylation is 2. The van der Waals surface area contributed by atoms with E-state index in [9.17, 15) is 9.59 Å². The minimum absolute atomic E-state index is 0.406. The summed E-state index contributed by atoms with van der Waals surface area (Å²) in [7, 11) is 1.64. The summed E-state index contributed by atoms with van der Waals surface area (Å²) in [4.78, 5) is 36.9. The molecule has 2 aromatic carbocycles. The van der Waals surface area contributed by atoms with Gasteiger partial charge in [0.2, 0.25) is 5.95 Å². The van der Waals surface area contributed by atoms with Gasteiger partial charge < -0.3 is 9.47 Å². The summed E-state index contributed by atoms with van der Waals surface area (Å²) >= 11 is 0. The van der Waals surface area contributed by atoms with Crippen molar-refractivity contribution in [3.05, 3.63) is 98.2 Å². The van der Waals surface area contributed by atoms with Crippen molar-refractivity contribution in [2.75, 3.05) is 31.1 Å². The van der Waals surface area contributed by atoms with E-state index < -0.39 is 11.2 Å². The van der Waals surface area contributed by atoms with Crippen LogP contribution in [0.2, 0.25) is 0 Å². The Hall–Kier alpha value is -3.91. The number of nitrogens with zero attached hydrogens (tertiary/aromatic N) is 5. The van der Waals surface area contributed by atoms with Crippen LogP contribution >= 0.6 is 0 Å². The molecule has 0 atom stereocenters. The predicted molar refractivity (Wildman–Crippen MR) is 140 cm³/mol. The SMILES string of the molecule is Cc1ccc(CN2CCN(c3nc4c(c(=O)[nH]c(=O)n4C)n3C/C=C/c3ccccc3)CC2)cc1. The summed E-state index contributed by atoms with van der Waals surface area (Å²) in [6.07, 6.45) is 4.06. The van der Waals surface area contributed by atoms with Gasteiger partial charge in [0.1, 0.15) is 0 Å². The number of piperazine rings is 1. The maximum atomic E-state index is 12.8. The molecule has 8 nitrogen and oxygen atoms in total. The lowest BCUT2D eigenvalue weighted by Gasteiger charge is -2.35. The van der Waals surface area contributed by atoms with Gasteiger partial charge in [-0.3, -0.25) is 19.2 Å². The number of imidazole rings is 1. The Kier molecular flexibility index (Phi) is 6.37. The molecule has 0 radical (unpaired) electrons. The maximum Gasteiger partial charge on any atom is 0.329 e. The zero-order valence-corrected chi connectivity index (χ0v) is 20.1. The lowest BCUT2D eigenvalue weighted by Crippen LogP contribution is -2.46. The highest BCUT2D eigenvalue weighted by molar-refractivity contribution is 5.74. The van der Waals surface area contributed by atoms with Crippen LogP contribution < -0.4 is 16.1 Å². The Morgan fingerprint density at radius 1 is 0.971 bits per heavy atom. The number of hydrogen-bond donors (Lipinski definition) is 1. The molecule has 0 bridgehead atoms. The highest BCUT2D eigenvalue weighted by Gasteiger charge is 2.24. The molecule has 1 saturated heterocycles. The molecule has 1 aliphatic rings. The normalized spacial score (nSPS) is 14.9. The predicted octanol–water partition coefficient (Wildman–Crippen LogP) is 2.77. The monoisotopic (exact) mass is 470 g/mol. The Morgan fingerprint density at radius 3 is 2.40 bits per heavy atom. The molecule has 0 amide bonds. The smallest absolute Gasteiger partial charge is 0.329 e. The summed E-state index contributed by atoms with van der Waals surface area (Å²) in [5.41, 5.74) is 3.62. The van der Waals surface area contributed by atoms with Gasteiger partial charge in [-0.1, -0.05) is 72.3 Å². The van der Waals surface area contributed by atoms with Gasteiger partial charge in [0.05, 0.1) is 0 Å². The third-order valence-electron chi connectivity index (χ3n) is 6.57. The number of allylic oxidation sites excluding steroid dienone is 1. The van der Waals surface area contributed by atoms with Crippen LogP contribution in [-0.4, -0.2) is 50.2 Å². The fourth-order valence-electron chi connectivity index (χ4n) is 4.55. The molecule has 2 aromatic heterocycles. The molecule has 0 spiro atoms. The number of hydrogen-bond acceptors (Lipinski definition) is 5. The second-order valence-corrected chi connectivity index (χ2v) is 9.07. The number of aromatic amines is 1. The summed E-state index contributed by atoms with van der Waals surface area (Å²) < 4.78 is 3.33. The van der Waals surface area contributed by atoms with Crippen molar-refractivity contribution in [3.63, 3.8) is 0 Å². The van der Waals surface area contributed by atoms with Crippen LogP contribution in [0.4, 0.5) is 5.95 Å². The highest BCUT2D eigenvalue weighted by atomic mass is 16.2. The average Bonchev–Trinajstić information content (AvgIpc) is 3.25. The van der Waals surface area contributed by atoms with E-state index >= 15 is 0 Å². The van der Waals surface area contributed by atoms with Crippen LogP contribution in [0.1, 0.15) is 16.7 Å². The first-order valence-corrected chi connectivity index (χ1v) is 11.9. The standard InChI is InChI=1S/C27H30N6O2/c1-20-10-12-22(13-11-20)19-31-15-17-32(18-16-31)26-28-24-23(25(34)29-27(35)30(24)2)33(26)14-6-9-21-7-4-3-5-8-21/h3-13H,14-19H2,1-2H3,(H,29,34,35)/b9-6+. The van der Waals surface area contributed by atoms with Gasteiger partial charge in [-0.05, 0) is 18.1 Å². The summed E-state index contributed by atoms with van der Waals surface area (Å²) in [6.45, 7) is 6.87. The molecule has 0 unspecified atom stereocenters. The van der Waals surface area contributed by atoms with Gasteiger partial charge in [0, 0.05) is 46.3 Å². The Morgan fingerprint density at radius 2 is 1.69 bits per heavy atom. The molecular weight excluding hydrogens is 440 g/mol. The summed E-state index contributed by atoms with van der Waals surface area (Å²) in [5.74, 6) is 0.722. The van der Waals surface area contributed by atoms with Gasteiger partial charge in [-0.2, -0.15) is 4.98 Å². The van der Waals surface area contributed by atoms with Crippen molar-refractivity contribution in [2.45, 2.75) is 20.0 Å². The first-order chi connectivity index (χ1) is 17.0. The highest BCUT2D eigenvalue weighted by Crippen LogP contribution is 2.22. The molecule has 5 rings (SSSR count). The number of benzene rings is 2. The van der Waals surface area contributed by atoms with Gasteiger partial charge in [0.15, 0.2) is 11.2 Å². The van der Waals surface area contributed by atoms with Crippen LogP contribution in [0.5, 0.6) is 0 Å². The van der Waals surface area contributed by atoms with Crippen molar-refractivity contribution in [3.8, 4) is 0 Å². The molecule has 0 aliphatic carbocycles. The topological polar surface area (TPSA) is 79.2 Å². The molecule has 8 heteroatoms. The summed E-state index contributed by atoms with van der Waals surface area (Å²) in [6, 6.07) is 18.7. The Labute approximate surface area is 203 Å². The number of nitrogens with one attached hydrogen (secondary N) is 1. The number of rotatable bonds is 6. The van der Waals surface area contributed by atoms with Crippen molar-refractivity contribution in [2.24, 2.45) is 7.05 Å². The fourth-order valence-corrected chi connectivity index (χ4v) is 4.55. The van der Waals surface area contributed by atoms with E-state index in [1.54, 1.807) is 7.05 Å². The zero-order chi connectivity index (χ0) is 24.4. The third kappa shape index (κ3) is 4.83. The lowest BCUT2D eigenvalue weighted by molar-refractivity contribution is 0.248. The Balaban J connectivity index is 1.41. The van der Waals surface area contributed by atoms with Gasteiger partial charge in [-0.25, -0.2) is 4.79 Å². The van der Waals surface area contributed by atoms with Crippen molar-refractivity contribution in [1.29, 1.82) is 0 Å². The van der Waals surface area contributed by atoms with E-state index in [0.29, 0.717) is 17.7 Å². The lowest BCUT2D eigenvalue weighted by atomic mass is 10.1. The fraction of sp³-hybridized carbons (Fsp3) is 0.296. The van der Waals surface area contributed by atoms with Crippen LogP contribution in [-0.2, 0) is 20.1 Å². The molecule has 0 saturated carbocycles. The summed E-state index contributed by atoms with van der Waals surface area (Å²) in [5, 5.41) is 0. The van der Waals surface area contributed by atoms with Crippen molar-refractivity contribution < 1.29 is 0 Å². The Bertz CT molecular complexity index is 1460. The first kappa shape index (κ1) is 22.9. The quantitative estimate of drug-likeness (QED) is 0.469. The molecular formula is C27H30N6O2. The maximum absolute atomic E-state index is 12.8. The average molecular weight is 471 g/mol. The minimum Gasteiger partial charge on any atom is -0.340 e. The largest absolute Gasteiger partial charge is 0.340 e. The van der Waals surface area contributed by atoms with Crippen LogP contribution in [0.25, 0.3) is 17.2 Å². The van der Waals surface area contributed by atoms with Gasteiger partial charge in [-0.15, -0.1) is 0 Å². The van der Waals surface area contributed by atoms with Crippen LogP contribution in [0.15, 0.2) is 70.3 Å². The van der Waals surface area contributed by atoms with Crippen molar-refractivity contribution >= 4 is 23.2 Å². The third-order valence-corrected chi connectivity index (χ3v) is 6.57. The molecule has 1 aliphatic heterocycles. The van der Waals surface area contributed by atoms with E-state index in [1.807, 2.05) is 47.1 Å². The number of fused-ring (bicyclic) bond motifs is 1. The molecule has 1 N–H and O–H groups in total. The van der Waals surface area contributed by atoms with Crippen molar-refractivity contribution in [1.82, 2.24) is 24.0 Å². The zero-order valence-electron chi connectivity index (χ0n) is 20.1. The van der Waals surface area contributed by atoms with E-state index in [1.165, 1.54) is 15.7 Å². The molecule has 35 heavy (non-hydrogen) atoms. The van der Waals surface area contributed by atoms with E-state index in [4.69, 9.17) is 4.98 Å². The van der Waals surface area contributed by atoms with Gasteiger partial charge >= 0.3 is 5.69 Å². The molecule has 3 heterocycles. The molecule has 1 fully saturated rings. The second-order valence-electron chi connectivity index (χ2n) is 9.07. The first-order valence-electron chi connectivity index (χ1n) is 11.9. The van der Waals surface area contributed by atoms with E-state index in [2.05, 4.69) is 46.0 Å². The van der Waals surface area contributed by atoms with Crippen LogP contribution in [0, 0.1) is 6.92 Å². The minimum atomic E-state index is -0.457. The second kappa shape index (κ2) is 9.76. The number of aromatic nitrogens is 4. The van der Waals surface area contributed by atoms with E-state index in [-0.39, 0.29) is 0 Å². The van der Waals surface area contributed by atoms with E-state index in [0.717, 1.165) is 44.2 Å². The van der Waals surface area contributed by atoms with Gasteiger partial charge in [0.25, 0.3) is 5.56 Å². The number of H-pyrrole nitrogens is 1. The molecule has 180 valence electrons. The number of anilines is 1.